The van der Waals surface area contributed by atoms with E-state index < -0.39 is 0 Å². The lowest BCUT2D eigenvalue weighted by molar-refractivity contribution is -0.136. The number of aromatic nitrogens is 1. The second-order valence-corrected chi connectivity index (χ2v) is 9.89. The fourth-order valence-electron chi connectivity index (χ4n) is 4.49. The van der Waals surface area contributed by atoms with Crippen LogP contribution in [0.2, 0.25) is 0 Å². The Morgan fingerprint density at radius 3 is 2.25 bits per heavy atom. The molecule has 32 heavy (non-hydrogen) atoms. The van der Waals surface area contributed by atoms with Crippen LogP contribution >= 0.6 is 11.3 Å². The first-order valence-electron chi connectivity index (χ1n) is 11.8. The van der Waals surface area contributed by atoms with Gasteiger partial charge in [0.1, 0.15) is 16.5 Å². The number of carbonyl (C=O) groups is 2. The van der Waals surface area contributed by atoms with Crippen LogP contribution in [0.4, 0.5) is 0 Å². The highest BCUT2D eigenvalue weighted by Gasteiger charge is 2.31. The number of piperidine rings is 1. The maximum atomic E-state index is 13.0. The molecule has 6 nitrogen and oxygen atoms in total. The van der Waals surface area contributed by atoms with E-state index in [0.717, 1.165) is 55.1 Å². The summed E-state index contributed by atoms with van der Waals surface area (Å²) in [6, 6.07) is 7.82. The third-order valence-electron chi connectivity index (χ3n) is 6.25. The van der Waals surface area contributed by atoms with Crippen LogP contribution in [0.15, 0.2) is 29.6 Å². The second kappa shape index (κ2) is 10.5. The lowest BCUT2D eigenvalue weighted by atomic mass is 9.95. The molecule has 0 bridgehead atoms. The summed E-state index contributed by atoms with van der Waals surface area (Å²) in [4.78, 5) is 34.4. The maximum absolute atomic E-state index is 13.0. The van der Waals surface area contributed by atoms with Crippen molar-refractivity contribution in [3.05, 3.63) is 35.3 Å². The Balaban J connectivity index is 1.33. The number of rotatable bonds is 5. The normalized spacial score (nSPS) is 18.0. The number of hydrogen-bond acceptors (Lipinski definition) is 5. The summed E-state index contributed by atoms with van der Waals surface area (Å²) in [7, 11) is 0. The molecule has 0 unspecified atom stereocenters. The van der Waals surface area contributed by atoms with Crippen LogP contribution in [0.3, 0.4) is 0 Å². The van der Waals surface area contributed by atoms with E-state index in [9.17, 15) is 9.59 Å². The van der Waals surface area contributed by atoms with E-state index in [1.54, 1.807) is 0 Å². The minimum Gasteiger partial charge on any atom is -0.491 e. The van der Waals surface area contributed by atoms with Crippen LogP contribution in [0, 0.1) is 5.92 Å². The van der Waals surface area contributed by atoms with E-state index in [1.807, 2.05) is 48.4 Å². The minimum absolute atomic E-state index is 0.0343. The number of ether oxygens (including phenoxy) is 1. The van der Waals surface area contributed by atoms with E-state index in [0.29, 0.717) is 24.7 Å². The second-order valence-electron chi connectivity index (χ2n) is 9.03. The fraction of sp³-hybridized carbons (Fsp3) is 0.560. The lowest BCUT2D eigenvalue weighted by Gasteiger charge is -2.33. The van der Waals surface area contributed by atoms with Gasteiger partial charge in [0.15, 0.2) is 0 Å². The Kier molecular flexibility index (Phi) is 7.45. The van der Waals surface area contributed by atoms with Gasteiger partial charge in [0.25, 0.3) is 5.91 Å². The molecular formula is C25H33N3O3S. The highest BCUT2D eigenvalue weighted by atomic mass is 32.1. The topological polar surface area (TPSA) is 62.7 Å². The summed E-state index contributed by atoms with van der Waals surface area (Å²) in [5.41, 5.74) is 1.47. The van der Waals surface area contributed by atoms with Crippen molar-refractivity contribution in [3.63, 3.8) is 0 Å². The summed E-state index contributed by atoms with van der Waals surface area (Å²) >= 11 is 1.48. The van der Waals surface area contributed by atoms with Crippen molar-refractivity contribution in [3.8, 4) is 16.3 Å². The third-order valence-corrected chi connectivity index (χ3v) is 7.14. The Morgan fingerprint density at radius 1 is 0.969 bits per heavy atom. The molecule has 0 atom stereocenters. The Hall–Kier alpha value is -2.41. The third kappa shape index (κ3) is 5.49. The number of amides is 2. The summed E-state index contributed by atoms with van der Waals surface area (Å²) in [5.74, 6) is 1.14. The molecule has 2 amide bonds. The summed E-state index contributed by atoms with van der Waals surface area (Å²) in [5, 5.41) is 2.67. The standard InChI is InChI=1S/C25H33N3O3S/c1-18(2)31-21-9-7-19(8-10-21)23-26-22(17-32-23)25(30)28-15-11-20(12-16-28)24(29)27-13-5-3-4-6-14-27/h7-10,17-18,20H,3-6,11-16H2,1-2H3. The molecular weight excluding hydrogens is 422 g/mol. The zero-order valence-corrected chi connectivity index (χ0v) is 19.9. The van der Waals surface area contributed by atoms with E-state index in [1.165, 1.54) is 24.2 Å². The van der Waals surface area contributed by atoms with Crippen molar-refractivity contribution < 1.29 is 14.3 Å². The largest absolute Gasteiger partial charge is 0.491 e. The first-order chi connectivity index (χ1) is 15.5. The van der Waals surface area contributed by atoms with Gasteiger partial charge in [0, 0.05) is 43.0 Å². The van der Waals surface area contributed by atoms with Gasteiger partial charge in [-0.2, -0.15) is 0 Å². The number of carbonyl (C=O) groups excluding carboxylic acids is 2. The molecule has 2 aliphatic rings. The smallest absolute Gasteiger partial charge is 0.273 e. The average Bonchev–Trinajstić information content (AvgIpc) is 3.13. The van der Waals surface area contributed by atoms with Gasteiger partial charge in [0.05, 0.1) is 6.10 Å². The van der Waals surface area contributed by atoms with Gasteiger partial charge in [-0.25, -0.2) is 4.98 Å². The van der Waals surface area contributed by atoms with Crippen LogP contribution < -0.4 is 4.74 Å². The molecule has 7 heteroatoms. The fourth-order valence-corrected chi connectivity index (χ4v) is 5.29. The van der Waals surface area contributed by atoms with Gasteiger partial charge in [-0.05, 0) is 63.8 Å². The number of nitrogens with zero attached hydrogens (tertiary/aromatic N) is 3. The number of hydrogen-bond donors (Lipinski definition) is 0. The average molecular weight is 456 g/mol. The van der Waals surface area contributed by atoms with Gasteiger partial charge in [-0.15, -0.1) is 11.3 Å². The molecule has 0 saturated carbocycles. The first kappa shape index (κ1) is 22.8. The van der Waals surface area contributed by atoms with E-state index in [-0.39, 0.29) is 17.9 Å². The molecule has 1 aromatic heterocycles. The molecule has 0 spiro atoms. The van der Waals surface area contributed by atoms with Crippen LogP contribution in [-0.4, -0.2) is 58.9 Å². The molecule has 0 N–H and O–H groups in total. The molecule has 172 valence electrons. The number of likely N-dealkylation sites (tertiary alicyclic amines) is 2. The summed E-state index contributed by atoms with van der Waals surface area (Å²) in [6.45, 7) is 7.03. The molecule has 3 heterocycles. The molecule has 2 aliphatic heterocycles. The van der Waals surface area contributed by atoms with Crippen molar-refractivity contribution in [2.75, 3.05) is 26.2 Å². The summed E-state index contributed by atoms with van der Waals surface area (Å²) in [6.07, 6.45) is 6.30. The molecule has 0 radical (unpaired) electrons. The van der Waals surface area contributed by atoms with E-state index >= 15 is 0 Å². The van der Waals surface area contributed by atoms with Crippen molar-refractivity contribution >= 4 is 23.2 Å². The predicted molar refractivity (Wildman–Crippen MR) is 127 cm³/mol. The van der Waals surface area contributed by atoms with Crippen molar-refractivity contribution in [1.82, 2.24) is 14.8 Å². The highest BCUT2D eigenvalue weighted by molar-refractivity contribution is 7.13. The van der Waals surface area contributed by atoms with Crippen LogP contribution in [0.1, 0.15) is 62.9 Å². The van der Waals surface area contributed by atoms with Gasteiger partial charge >= 0.3 is 0 Å². The number of thiazole rings is 1. The molecule has 1 aromatic carbocycles. The van der Waals surface area contributed by atoms with Gasteiger partial charge in [0.2, 0.25) is 5.91 Å². The molecule has 4 rings (SSSR count). The van der Waals surface area contributed by atoms with Crippen LogP contribution in [0.25, 0.3) is 10.6 Å². The highest BCUT2D eigenvalue weighted by Crippen LogP contribution is 2.28. The SMILES string of the molecule is CC(C)Oc1ccc(-c2nc(C(=O)N3CCC(C(=O)N4CCCCCC4)CC3)cs2)cc1. The van der Waals surface area contributed by atoms with Crippen molar-refractivity contribution in [1.29, 1.82) is 0 Å². The quantitative estimate of drug-likeness (QED) is 0.646. The minimum atomic E-state index is -0.0343. The number of benzene rings is 1. The monoisotopic (exact) mass is 455 g/mol. The molecule has 2 aromatic rings. The molecule has 2 fully saturated rings. The van der Waals surface area contributed by atoms with Crippen LogP contribution in [0.5, 0.6) is 5.75 Å². The predicted octanol–water partition coefficient (Wildman–Crippen LogP) is 4.85. The molecule has 0 aliphatic carbocycles. The first-order valence-corrected chi connectivity index (χ1v) is 12.7. The zero-order chi connectivity index (χ0) is 22.5. The van der Waals surface area contributed by atoms with E-state index in [4.69, 9.17) is 4.74 Å². The van der Waals surface area contributed by atoms with Gasteiger partial charge in [-0.1, -0.05) is 12.8 Å². The maximum Gasteiger partial charge on any atom is 0.273 e. The van der Waals surface area contributed by atoms with Gasteiger partial charge < -0.3 is 14.5 Å². The molecule has 2 saturated heterocycles. The summed E-state index contributed by atoms with van der Waals surface area (Å²) < 4.78 is 5.69. The zero-order valence-electron chi connectivity index (χ0n) is 19.1. The van der Waals surface area contributed by atoms with Crippen molar-refractivity contribution in [2.45, 2.75) is 58.5 Å². The van der Waals surface area contributed by atoms with Gasteiger partial charge in [-0.3, -0.25) is 9.59 Å². The van der Waals surface area contributed by atoms with Crippen molar-refractivity contribution in [2.24, 2.45) is 5.92 Å². The lowest BCUT2D eigenvalue weighted by Crippen LogP contribution is -2.44. The Bertz CT molecular complexity index is 909. The Morgan fingerprint density at radius 2 is 1.62 bits per heavy atom. The van der Waals surface area contributed by atoms with E-state index in [2.05, 4.69) is 9.88 Å². The van der Waals surface area contributed by atoms with Crippen LogP contribution in [-0.2, 0) is 4.79 Å². The Labute approximate surface area is 194 Å².